The lowest BCUT2D eigenvalue weighted by molar-refractivity contribution is 0.0939. The number of nitrogens with one attached hydrogen (secondary N) is 2. The van der Waals surface area contributed by atoms with Gasteiger partial charge in [-0.3, -0.25) is 14.4 Å². The van der Waals surface area contributed by atoms with Crippen molar-refractivity contribution in [2.45, 2.75) is 19.9 Å². The Labute approximate surface area is 169 Å². The van der Waals surface area contributed by atoms with E-state index < -0.39 is 0 Å². The Bertz CT molecular complexity index is 1040. The largest absolute Gasteiger partial charge is 0.346 e. The van der Waals surface area contributed by atoms with E-state index in [1.165, 1.54) is 6.92 Å². The van der Waals surface area contributed by atoms with Crippen LogP contribution in [-0.4, -0.2) is 17.6 Å². The summed E-state index contributed by atoms with van der Waals surface area (Å²) in [5.74, 6) is -0.682. The summed E-state index contributed by atoms with van der Waals surface area (Å²) in [6.07, 6.45) is 0. The molecule has 1 unspecified atom stereocenters. The Kier molecular flexibility index (Phi) is 6.19. The van der Waals surface area contributed by atoms with Crippen molar-refractivity contribution in [1.29, 1.82) is 0 Å². The third-order valence-corrected chi connectivity index (χ3v) is 4.56. The van der Waals surface area contributed by atoms with Gasteiger partial charge in [-0.2, -0.15) is 0 Å². The fraction of sp³-hybridized carbons (Fsp3) is 0.125. The number of benzene rings is 3. The molecule has 0 aliphatic carbocycles. The quantitative estimate of drug-likeness (QED) is 0.607. The van der Waals surface area contributed by atoms with Crippen molar-refractivity contribution in [2.75, 3.05) is 5.32 Å². The van der Waals surface area contributed by atoms with Crippen LogP contribution in [0, 0.1) is 0 Å². The first-order valence-electron chi connectivity index (χ1n) is 9.32. The Morgan fingerprint density at radius 3 is 2.03 bits per heavy atom. The zero-order valence-electron chi connectivity index (χ0n) is 16.3. The number of amides is 2. The smallest absolute Gasteiger partial charge is 0.255 e. The maximum absolute atomic E-state index is 12.6. The third-order valence-electron chi connectivity index (χ3n) is 4.56. The summed E-state index contributed by atoms with van der Waals surface area (Å²) in [6, 6.07) is 22.8. The molecule has 0 saturated carbocycles. The van der Waals surface area contributed by atoms with Gasteiger partial charge in [-0.25, -0.2) is 0 Å². The van der Waals surface area contributed by atoms with Gasteiger partial charge in [-0.1, -0.05) is 48.5 Å². The average Bonchev–Trinajstić information content (AvgIpc) is 2.74. The Balaban J connectivity index is 1.71. The number of carbonyl (C=O) groups excluding carboxylic acids is 3. The number of hydrogen-bond acceptors (Lipinski definition) is 3. The molecule has 2 amide bonds. The molecule has 0 spiro atoms. The number of Topliss-reactive ketones (excluding diaryl/α,β-unsaturated/α-hetero) is 1. The van der Waals surface area contributed by atoms with Crippen LogP contribution in [0.1, 0.15) is 56.5 Å². The van der Waals surface area contributed by atoms with Gasteiger partial charge in [0.15, 0.2) is 5.78 Å². The molecule has 5 nitrogen and oxygen atoms in total. The van der Waals surface area contributed by atoms with E-state index in [2.05, 4.69) is 10.6 Å². The van der Waals surface area contributed by atoms with Crippen LogP contribution >= 0.6 is 0 Å². The van der Waals surface area contributed by atoms with Gasteiger partial charge in [0.05, 0.1) is 6.04 Å². The van der Waals surface area contributed by atoms with Gasteiger partial charge in [0.1, 0.15) is 0 Å². The monoisotopic (exact) mass is 386 g/mol. The Morgan fingerprint density at radius 1 is 0.724 bits per heavy atom. The summed E-state index contributed by atoms with van der Waals surface area (Å²) in [5, 5.41) is 5.70. The van der Waals surface area contributed by atoms with E-state index in [-0.39, 0.29) is 23.6 Å². The number of carbonyl (C=O) groups is 3. The molecule has 3 rings (SSSR count). The highest BCUT2D eigenvalue weighted by atomic mass is 16.2. The van der Waals surface area contributed by atoms with Crippen LogP contribution in [0.4, 0.5) is 5.69 Å². The summed E-state index contributed by atoms with van der Waals surface area (Å²) < 4.78 is 0. The van der Waals surface area contributed by atoms with Crippen LogP contribution in [0.2, 0.25) is 0 Å². The molecule has 0 aliphatic heterocycles. The highest BCUT2D eigenvalue weighted by molar-refractivity contribution is 6.06. The SMILES string of the molecule is CC(=O)c1cccc(NC(=O)c2cccc(C(=O)NC(C)c3ccccc3)c2)c1. The predicted molar refractivity (Wildman–Crippen MR) is 113 cm³/mol. The van der Waals surface area contributed by atoms with Gasteiger partial charge in [-0.15, -0.1) is 0 Å². The molecule has 2 N–H and O–H groups in total. The first kappa shape index (κ1) is 20.0. The zero-order valence-corrected chi connectivity index (χ0v) is 16.3. The van der Waals surface area contributed by atoms with E-state index in [4.69, 9.17) is 0 Å². The van der Waals surface area contributed by atoms with Crippen molar-refractivity contribution < 1.29 is 14.4 Å². The first-order valence-corrected chi connectivity index (χ1v) is 9.32. The van der Waals surface area contributed by atoms with Crippen LogP contribution in [-0.2, 0) is 0 Å². The normalized spacial score (nSPS) is 11.4. The van der Waals surface area contributed by atoms with Crippen LogP contribution in [0.3, 0.4) is 0 Å². The summed E-state index contributed by atoms with van der Waals surface area (Å²) in [4.78, 5) is 36.7. The topological polar surface area (TPSA) is 75.3 Å². The molecule has 1 atom stereocenters. The van der Waals surface area contributed by atoms with Crippen LogP contribution in [0.15, 0.2) is 78.9 Å². The van der Waals surface area contributed by atoms with E-state index in [1.54, 1.807) is 48.5 Å². The van der Waals surface area contributed by atoms with E-state index in [9.17, 15) is 14.4 Å². The van der Waals surface area contributed by atoms with Gasteiger partial charge in [-0.05, 0) is 49.7 Å². The van der Waals surface area contributed by atoms with E-state index >= 15 is 0 Å². The summed E-state index contributed by atoms with van der Waals surface area (Å²) >= 11 is 0. The summed E-state index contributed by atoms with van der Waals surface area (Å²) in [7, 11) is 0. The van der Waals surface area contributed by atoms with Crippen molar-refractivity contribution in [1.82, 2.24) is 5.32 Å². The molecule has 0 aliphatic rings. The lowest BCUT2D eigenvalue weighted by Crippen LogP contribution is -2.27. The molecule has 0 saturated heterocycles. The number of anilines is 1. The van der Waals surface area contributed by atoms with Crippen molar-refractivity contribution >= 4 is 23.3 Å². The minimum Gasteiger partial charge on any atom is -0.346 e. The summed E-state index contributed by atoms with van der Waals surface area (Å²) in [6.45, 7) is 3.38. The summed E-state index contributed by atoms with van der Waals surface area (Å²) in [5.41, 5.74) is 2.80. The molecule has 146 valence electrons. The van der Waals surface area contributed by atoms with Crippen molar-refractivity contribution in [3.05, 3.63) is 101 Å². The fourth-order valence-corrected chi connectivity index (χ4v) is 2.93. The van der Waals surface area contributed by atoms with Gasteiger partial charge < -0.3 is 10.6 Å². The molecular formula is C24H22N2O3. The van der Waals surface area contributed by atoms with Crippen LogP contribution in [0.25, 0.3) is 0 Å². The molecular weight excluding hydrogens is 364 g/mol. The molecule has 0 radical (unpaired) electrons. The van der Waals surface area contributed by atoms with Crippen molar-refractivity contribution in [2.24, 2.45) is 0 Å². The highest BCUT2D eigenvalue weighted by Gasteiger charge is 2.14. The third kappa shape index (κ3) is 5.17. The molecule has 0 heterocycles. The van der Waals surface area contributed by atoms with Gasteiger partial charge in [0.25, 0.3) is 11.8 Å². The van der Waals surface area contributed by atoms with E-state index in [0.717, 1.165) is 5.56 Å². The standard InChI is InChI=1S/C24H22N2O3/c1-16(18-8-4-3-5-9-18)25-23(28)20-11-6-12-21(14-20)24(29)26-22-13-7-10-19(15-22)17(2)27/h3-16H,1-2H3,(H,25,28)(H,26,29). The van der Waals surface area contributed by atoms with Gasteiger partial charge in [0.2, 0.25) is 0 Å². The van der Waals surface area contributed by atoms with Crippen LogP contribution in [0.5, 0.6) is 0 Å². The predicted octanol–water partition coefficient (Wildman–Crippen LogP) is 4.63. The molecule has 0 fully saturated rings. The van der Waals surface area contributed by atoms with Gasteiger partial charge in [0, 0.05) is 22.4 Å². The van der Waals surface area contributed by atoms with Crippen molar-refractivity contribution in [3.8, 4) is 0 Å². The maximum Gasteiger partial charge on any atom is 0.255 e. The second kappa shape index (κ2) is 8.97. The number of rotatable bonds is 6. The number of hydrogen-bond donors (Lipinski definition) is 2. The minimum absolute atomic E-state index is 0.0766. The highest BCUT2D eigenvalue weighted by Crippen LogP contribution is 2.15. The second-order valence-corrected chi connectivity index (χ2v) is 6.78. The zero-order chi connectivity index (χ0) is 20.8. The number of ketones is 1. The lowest BCUT2D eigenvalue weighted by atomic mass is 10.1. The van der Waals surface area contributed by atoms with E-state index in [0.29, 0.717) is 22.4 Å². The minimum atomic E-state index is -0.351. The van der Waals surface area contributed by atoms with Gasteiger partial charge >= 0.3 is 0 Å². The van der Waals surface area contributed by atoms with Crippen LogP contribution < -0.4 is 10.6 Å². The molecule has 29 heavy (non-hydrogen) atoms. The molecule has 3 aromatic rings. The first-order chi connectivity index (χ1) is 13.9. The molecule has 5 heteroatoms. The van der Waals surface area contributed by atoms with Crippen molar-refractivity contribution in [3.63, 3.8) is 0 Å². The Hall–Kier alpha value is -3.73. The molecule has 0 bridgehead atoms. The fourth-order valence-electron chi connectivity index (χ4n) is 2.93. The molecule has 0 aromatic heterocycles. The average molecular weight is 386 g/mol. The molecule has 3 aromatic carbocycles. The maximum atomic E-state index is 12.6. The Morgan fingerprint density at radius 2 is 1.34 bits per heavy atom. The second-order valence-electron chi connectivity index (χ2n) is 6.78. The lowest BCUT2D eigenvalue weighted by Gasteiger charge is -2.14. The van der Waals surface area contributed by atoms with E-state index in [1.807, 2.05) is 37.3 Å².